The van der Waals surface area contributed by atoms with Crippen molar-refractivity contribution in [3.8, 4) is 0 Å². The van der Waals surface area contributed by atoms with Gasteiger partial charge in [0.25, 0.3) is 0 Å². The highest BCUT2D eigenvalue weighted by Crippen LogP contribution is 2.40. The molecule has 0 aliphatic carbocycles. The maximum absolute atomic E-state index is 12.5. The number of carbonyl (C=O) groups is 4. The molecule has 1 saturated heterocycles. The van der Waals surface area contributed by atoms with E-state index in [1.807, 2.05) is 6.92 Å². The van der Waals surface area contributed by atoms with Gasteiger partial charge in [-0.25, -0.2) is 9.59 Å². The molecule has 1 amide bonds. The van der Waals surface area contributed by atoms with Crippen LogP contribution in [0.15, 0.2) is 0 Å². The number of nitrogens with zero attached hydrogens (tertiary/aromatic N) is 1. The molecule has 8 heteroatoms. The summed E-state index contributed by atoms with van der Waals surface area (Å²) in [6.45, 7) is 5.22. The Hall–Kier alpha value is -2.12. The van der Waals surface area contributed by atoms with Crippen LogP contribution in [-0.2, 0) is 28.6 Å². The molecule has 0 aromatic carbocycles. The molecule has 8 nitrogen and oxygen atoms in total. The van der Waals surface area contributed by atoms with Crippen LogP contribution in [-0.4, -0.2) is 61.6 Å². The summed E-state index contributed by atoms with van der Waals surface area (Å²) in [4.78, 5) is 49.8. The first-order valence-corrected chi connectivity index (χ1v) is 8.49. The van der Waals surface area contributed by atoms with Crippen molar-refractivity contribution in [3.63, 3.8) is 0 Å². The van der Waals surface area contributed by atoms with Crippen LogP contribution in [0.3, 0.4) is 0 Å². The van der Waals surface area contributed by atoms with E-state index < -0.39 is 29.5 Å². The van der Waals surface area contributed by atoms with Crippen molar-refractivity contribution >= 4 is 23.8 Å². The van der Waals surface area contributed by atoms with E-state index in [0.29, 0.717) is 6.42 Å². The van der Waals surface area contributed by atoms with Crippen molar-refractivity contribution in [2.75, 3.05) is 26.9 Å². The van der Waals surface area contributed by atoms with E-state index in [2.05, 4.69) is 0 Å². The molecule has 1 rings (SSSR count). The zero-order valence-electron chi connectivity index (χ0n) is 15.3. The molecular formula is C17H27NO7. The zero-order valence-corrected chi connectivity index (χ0v) is 15.3. The lowest BCUT2D eigenvalue weighted by molar-refractivity contribution is -0.156. The number of Topliss-reactive ketones (excluding diaryl/α,β-unsaturated/α-hetero) is 1. The highest BCUT2D eigenvalue weighted by molar-refractivity contribution is 5.90. The fraction of sp³-hybridized carbons (Fsp3) is 0.765. The van der Waals surface area contributed by atoms with Gasteiger partial charge in [0.15, 0.2) is 0 Å². The average molecular weight is 357 g/mol. The Labute approximate surface area is 147 Å². The molecule has 1 aliphatic heterocycles. The molecule has 1 aliphatic rings. The van der Waals surface area contributed by atoms with Crippen molar-refractivity contribution in [2.45, 2.75) is 52.5 Å². The fourth-order valence-electron chi connectivity index (χ4n) is 3.02. The van der Waals surface area contributed by atoms with Crippen molar-refractivity contribution in [3.05, 3.63) is 0 Å². The van der Waals surface area contributed by atoms with Gasteiger partial charge in [-0.2, -0.15) is 0 Å². The second-order valence-electron chi connectivity index (χ2n) is 6.22. The number of unbranched alkanes of at least 4 members (excludes halogenated alkanes) is 1. The molecule has 0 saturated carbocycles. The second kappa shape index (κ2) is 9.39. The van der Waals surface area contributed by atoms with Crippen LogP contribution in [0.4, 0.5) is 4.79 Å². The van der Waals surface area contributed by atoms with Gasteiger partial charge in [0.1, 0.15) is 11.8 Å². The molecule has 0 radical (unpaired) electrons. The lowest BCUT2D eigenvalue weighted by Crippen LogP contribution is -2.42. The SMILES string of the molecule is CCCCOC(=O)N1C[C@@](CC(C)=O)(C(=O)OCC)C[C@H]1C(=O)OC. The third kappa shape index (κ3) is 5.17. The normalized spacial score (nSPS) is 22.4. The molecule has 0 N–H and O–H groups in total. The van der Waals surface area contributed by atoms with Crippen LogP contribution in [0.25, 0.3) is 0 Å². The Morgan fingerprint density at radius 1 is 1.16 bits per heavy atom. The molecule has 0 spiro atoms. The summed E-state index contributed by atoms with van der Waals surface area (Å²) in [6.07, 6.45) is 0.710. The van der Waals surface area contributed by atoms with E-state index in [-0.39, 0.29) is 38.4 Å². The van der Waals surface area contributed by atoms with E-state index in [9.17, 15) is 19.2 Å². The van der Waals surface area contributed by atoms with E-state index in [1.54, 1.807) is 6.92 Å². The Bertz CT molecular complexity index is 519. The third-order valence-electron chi connectivity index (χ3n) is 4.16. The number of likely N-dealkylation sites (tertiary alicyclic amines) is 1. The van der Waals surface area contributed by atoms with E-state index in [1.165, 1.54) is 18.9 Å². The van der Waals surface area contributed by atoms with Gasteiger partial charge in [0, 0.05) is 13.0 Å². The first-order chi connectivity index (χ1) is 11.8. The highest BCUT2D eigenvalue weighted by Gasteiger charge is 2.55. The maximum Gasteiger partial charge on any atom is 0.410 e. The lowest BCUT2D eigenvalue weighted by Gasteiger charge is -2.25. The minimum Gasteiger partial charge on any atom is -0.467 e. The molecule has 0 aromatic rings. The average Bonchev–Trinajstić information content (AvgIpc) is 2.94. The Balaban J connectivity index is 3.08. The number of rotatable bonds is 8. The van der Waals surface area contributed by atoms with Gasteiger partial charge in [-0.3, -0.25) is 14.5 Å². The van der Waals surface area contributed by atoms with E-state index in [0.717, 1.165) is 6.42 Å². The largest absolute Gasteiger partial charge is 0.467 e. The zero-order chi connectivity index (χ0) is 19.0. The quantitative estimate of drug-likeness (QED) is 0.370. The summed E-state index contributed by atoms with van der Waals surface area (Å²) >= 11 is 0. The molecule has 1 fully saturated rings. The van der Waals surface area contributed by atoms with E-state index >= 15 is 0 Å². The third-order valence-corrected chi connectivity index (χ3v) is 4.16. The second-order valence-corrected chi connectivity index (χ2v) is 6.22. The molecule has 0 unspecified atom stereocenters. The molecular weight excluding hydrogens is 330 g/mol. The summed E-state index contributed by atoms with van der Waals surface area (Å²) in [5, 5.41) is 0. The minimum absolute atomic E-state index is 0.0268. The maximum atomic E-state index is 12.5. The number of carbonyl (C=O) groups excluding carboxylic acids is 4. The first kappa shape index (κ1) is 20.9. The summed E-state index contributed by atoms with van der Waals surface area (Å²) in [5.41, 5.74) is -1.26. The van der Waals surface area contributed by atoms with Gasteiger partial charge in [-0.1, -0.05) is 13.3 Å². The van der Waals surface area contributed by atoms with Crippen molar-refractivity contribution in [1.29, 1.82) is 0 Å². The van der Waals surface area contributed by atoms with E-state index in [4.69, 9.17) is 14.2 Å². The predicted octanol–water partition coefficient (Wildman–Crippen LogP) is 1.70. The monoisotopic (exact) mass is 357 g/mol. The Morgan fingerprint density at radius 3 is 2.36 bits per heavy atom. The van der Waals surface area contributed by atoms with Gasteiger partial charge >= 0.3 is 18.0 Å². The van der Waals surface area contributed by atoms with Crippen molar-refractivity contribution in [1.82, 2.24) is 4.90 Å². The number of ketones is 1. The molecule has 25 heavy (non-hydrogen) atoms. The van der Waals surface area contributed by atoms with Crippen molar-refractivity contribution < 1.29 is 33.4 Å². The van der Waals surface area contributed by atoms with Crippen LogP contribution in [0.1, 0.15) is 46.5 Å². The van der Waals surface area contributed by atoms with Crippen LogP contribution in [0.5, 0.6) is 0 Å². The highest BCUT2D eigenvalue weighted by atomic mass is 16.6. The number of methoxy groups -OCH3 is 1. The van der Waals surface area contributed by atoms with Gasteiger partial charge in [-0.05, 0) is 26.7 Å². The number of ether oxygens (including phenoxy) is 3. The summed E-state index contributed by atoms with van der Waals surface area (Å²) < 4.78 is 15.0. The predicted molar refractivity (Wildman–Crippen MR) is 87.7 cm³/mol. The number of esters is 2. The number of amides is 1. The topological polar surface area (TPSA) is 99.2 Å². The molecule has 142 valence electrons. The summed E-state index contributed by atoms with van der Waals surface area (Å²) in [6, 6.07) is -0.983. The first-order valence-electron chi connectivity index (χ1n) is 8.49. The Kier molecular flexibility index (Phi) is 7.86. The van der Waals surface area contributed by atoms with Gasteiger partial charge in [0.05, 0.1) is 25.7 Å². The lowest BCUT2D eigenvalue weighted by atomic mass is 9.80. The van der Waals surface area contributed by atoms with Crippen molar-refractivity contribution in [2.24, 2.45) is 5.41 Å². The summed E-state index contributed by atoms with van der Waals surface area (Å²) in [7, 11) is 1.21. The van der Waals surface area contributed by atoms with Gasteiger partial charge in [0.2, 0.25) is 0 Å². The smallest absolute Gasteiger partial charge is 0.410 e. The molecule has 2 atom stereocenters. The number of hydrogen-bond donors (Lipinski definition) is 0. The number of hydrogen-bond acceptors (Lipinski definition) is 7. The fourth-order valence-corrected chi connectivity index (χ4v) is 3.02. The van der Waals surface area contributed by atoms with Crippen LogP contribution in [0, 0.1) is 5.41 Å². The van der Waals surface area contributed by atoms with Gasteiger partial charge in [-0.15, -0.1) is 0 Å². The standard InChI is InChI=1S/C17H27NO7/c1-5-7-8-25-16(22)18-11-17(9-12(3)19,15(21)24-6-2)10-13(18)14(20)23-4/h13H,5-11H2,1-4H3/t13-,17-/m0/s1. The molecule has 0 aromatic heterocycles. The van der Waals surface area contributed by atoms with Gasteiger partial charge < -0.3 is 14.2 Å². The summed E-state index contributed by atoms with van der Waals surface area (Å²) in [5.74, 6) is -1.47. The van der Waals surface area contributed by atoms with Crippen LogP contribution < -0.4 is 0 Å². The minimum atomic E-state index is -1.26. The molecule has 0 bridgehead atoms. The van der Waals surface area contributed by atoms with Crippen LogP contribution >= 0.6 is 0 Å². The van der Waals surface area contributed by atoms with Crippen LogP contribution in [0.2, 0.25) is 0 Å². The Morgan fingerprint density at radius 2 is 1.84 bits per heavy atom. The molecule has 1 heterocycles.